The Morgan fingerprint density at radius 3 is 2.81 bits per heavy atom. The Labute approximate surface area is 96.2 Å². The lowest BCUT2D eigenvalue weighted by atomic mass is 10.1. The number of nitrogen functional groups attached to an aromatic ring is 1. The summed E-state index contributed by atoms with van der Waals surface area (Å²) in [7, 11) is 2.06. The molecule has 2 rings (SSSR count). The lowest BCUT2D eigenvalue weighted by Gasteiger charge is -2.17. The number of nitrogens with two attached hydrogens (primary N) is 1. The molecule has 1 fully saturated rings. The molecule has 2 atom stereocenters. The highest BCUT2D eigenvalue weighted by Gasteiger charge is 2.33. The van der Waals surface area contributed by atoms with E-state index in [2.05, 4.69) is 18.9 Å². The molecule has 1 aliphatic rings. The Morgan fingerprint density at radius 1 is 1.50 bits per heavy atom. The van der Waals surface area contributed by atoms with E-state index < -0.39 is 0 Å². The molecule has 2 nitrogen and oxygen atoms in total. The van der Waals surface area contributed by atoms with Gasteiger partial charge in [-0.2, -0.15) is 0 Å². The van der Waals surface area contributed by atoms with Crippen molar-refractivity contribution >= 4 is 5.69 Å². The van der Waals surface area contributed by atoms with Crippen molar-refractivity contribution in [2.24, 2.45) is 11.8 Å². The molecule has 1 aromatic carbocycles. The molecule has 0 heterocycles. The van der Waals surface area contributed by atoms with Crippen LogP contribution in [0, 0.1) is 17.7 Å². The summed E-state index contributed by atoms with van der Waals surface area (Å²) in [5.74, 6) is 1.36. The van der Waals surface area contributed by atoms with Crippen LogP contribution >= 0.6 is 0 Å². The minimum absolute atomic E-state index is 0.290. The van der Waals surface area contributed by atoms with Crippen LogP contribution in [-0.4, -0.2) is 18.5 Å². The number of hydrogen-bond acceptors (Lipinski definition) is 2. The highest BCUT2D eigenvalue weighted by Crippen LogP contribution is 2.38. The molecule has 2 unspecified atom stereocenters. The van der Waals surface area contributed by atoms with Crippen molar-refractivity contribution in [1.29, 1.82) is 0 Å². The van der Waals surface area contributed by atoms with E-state index in [9.17, 15) is 4.39 Å². The second-order valence-electron chi connectivity index (χ2n) is 4.98. The van der Waals surface area contributed by atoms with Crippen molar-refractivity contribution in [2.75, 3.05) is 19.3 Å². The normalized spacial score (nSPS) is 23.8. The van der Waals surface area contributed by atoms with Crippen LogP contribution in [0.2, 0.25) is 0 Å². The monoisotopic (exact) mass is 222 g/mol. The largest absolute Gasteiger partial charge is 0.396 e. The molecular formula is C13H19FN2. The van der Waals surface area contributed by atoms with Crippen LogP contribution in [-0.2, 0) is 6.54 Å². The minimum atomic E-state index is -0.314. The third-order valence-corrected chi connectivity index (χ3v) is 3.41. The molecule has 3 heteroatoms. The van der Waals surface area contributed by atoms with Crippen LogP contribution in [0.4, 0.5) is 10.1 Å². The summed E-state index contributed by atoms with van der Waals surface area (Å²) in [6.45, 7) is 4.08. The van der Waals surface area contributed by atoms with Gasteiger partial charge in [-0.3, -0.25) is 0 Å². The molecule has 0 amide bonds. The van der Waals surface area contributed by atoms with Gasteiger partial charge in [0.25, 0.3) is 0 Å². The molecule has 0 aliphatic heterocycles. The van der Waals surface area contributed by atoms with Gasteiger partial charge in [-0.25, -0.2) is 4.39 Å². The minimum Gasteiger partial charge on any atom is -0.396 e. The Kier molecular flexibility index (Phi) is 3.15. The number of rotatable bonds is 4. The Hall–Kier alpha value is -1.09. The fourth-order valence-corrected chi connectivity index (χ4v) is 2.13. The summed E-state index contributed by atoms with van der Waals surface area (Å²) >= 11 is 0. The highest BCUT2D eigenvalue weighted by molar-refractivity contribution is 5.47. The van der Waals surface area contributed by atoms with Gasteiger partial charge in [0.15, 0.2) is 0 Å². The molecule has 1 aliphatic carbocycles. The summed E-state index contributed by atoms with van der Waals surface area (Å²) in [5, 5.41) is 0. The fourth-order valence-electron chi connectivity index (χ4n) is 2.13. The van der Waals surface area contributed by atoms with Gasteiger partial charge >= 0.3 is 0 Å². The smallest absolute Gasteiger partial charge is 0.146 e. The number of halogens is 1. The van der Waals surface area contributed by atoms with Crippen molar-refractivity contribution in [3.8, 4) is 0 Å². The molecule has 0 aromatic heterocycles. The van der Waals surface area contributed by atoms with Crippen molar-refractivity contribution in [3.63, 3.8) is 0 Å². The van der Waals surface area contributed by atoms with E-state index in [1.165, 1.54) is 12.5 Å². The molecule has 0 radical (unpaired) electrons. The Balaban J connectivity index is 1.95. The molecule has 1 aromatic rings. The van der Waals surface area contributed by atoms with E-state index in [1.807, 2.05) is 6.07 Å². The van der Waals surface area contributed by atoms with Gasteiger partial charge in [0, 0.05) is 13.1 Å². The zero-order valence-electron chi connectivity index (χ0n) is 9.91. The van der Waals surface area contributed by atoms with Gasteiger partial charge in [0.05, 0.1) is 5.69 Å². The first kappa shape index (κ1) is 11.4. The maximum atomic E-state index is 13.2. The average Bonchev–Trinajstić information content (AvgIpc) is 2.89. The Bertz CT molecular complexity index is 378. The zero-order valence-corrected chi connectivity index (χ0v) is 9.91. The maximum Gasteiger partial charge on any atom is 0.146 e. The molecule has 0 spiro atoms. The number of nitrogens with zero attached hydrogens (tertiary/aromatic N) is 1. The van der Waals surface area contributed by atoms with Crippen molar-refractivity contribution < 1.29 is 4.39 Å². The zero-order chi connectivity index (χ0) is 11.7. The first-order valence-electron chi connectivity index (χ1n) is 5.79. The molecule has 0 bridgehead atoms. The molecule has 0 saturated heterocycles. The number of benzene rings is 1. The van der Waals surface area contributed by atoms with Gasteiger partial charge in [0.2, 0.25) is 0 Å². The molecule has 88 valence electrons. The summed E-state index contributed by atoms with van der Waals surface area (Å²) in [6.07, 6.45) is 1.32. The maximum absolute atomic E-state index is 13.2. The van der Waals surface area contributed by atoms with Crippen LogP contribution < -0.4 is 5.73 Å². The van der Waals surface area contributed by atoms with Gasteiger partial charge in [0.1, 0.15) is 5.82 Å². The van der Waals surface area contributed by atoms with E-state index in [0.717, 1.165) is 30.5 Å². The van der Waals surface area contributed by atoms with E-state index >= 15 is 0 Å². The van der Waals surface area contributed by atoms with Crippen molar-refractivity contribution in [3.05, 3.63) is 29.6 Å². The second kappa shape index (κ2) is 4.42. The van der Waals surface area contributed by atoms with E-state index in [0.29, 0.717) is 0 Å². The lowest BCUT2D eigenvalue weighted by Crippen LogP contribution is -2.21. The molecule has 1 saturated carbocycles. The molecule has 2 N–H and O–H groups in total. The second-order valence-corrected chi connectivity index (χ2v) is 4.98. The summed E-state index contributed by atoms with van der Waals surface area (Å²) in [6, 6.07) is 5.02. The van der Waals surface area contributed by atoms with Crippen LogP contribution in [0.15, 0.2) is 18.2 Å². The fraction of sp³-hybridized carbons (Fsp3) is 0.538. The standard InChI is InChI=1S/C13H19FN2/c1-9-6-11(9)8-16(2)7-10-4-3-5-12(14)13(10)15/h3-5,9,11H,6-8,15H2,1-2H3. The SMILES string of the molecule is CC1CC1CN(C)Cc1cccc(F)c1N. The van der Waals surface area contributed by atoms with E-state index in [-0.39, 0.29) is 11.5 Å². The average molecular weight is 222 g/mol. The van der Waals surface area contributed by atoms with Gasteiger partial charge < -0.3 is 10.6 Å². The number of para-hydroxylation sites is 1. The third kappa shape index (κ3) is 2.53. The van der Waals surface area contributed by atoms with Crippen LogP contribution in [0.5, 0.6) is 0 Å². The summed E-state index contributed by atoms with van der Waals surface area (Å²) in [4.78, 5) is 2.22. The van der Waals surface area contributed by atoms with Gasteiger partial charge in [-0.1, -0.05) is 19.1 Å². The Morgan fingerprint density at radius 2 is 2.19 bits per heavy atom. The van der Waals surface area contributed by atoms with Crippen LogP contribution in [0.3, 0.4) is 0 Å². The number of hydrogen-bond donors (Lipinski definition) is 1. The lowest BCUT2D eigenvalue weighted by molar-refractivity contribution is 0.308. The van der Waals surface area contributed by atoms with Crippen molar-refractivity contribution in [1.82, 2.24) is 4.90 Å². The van der Waals surface area contributed by atoms with Crippen molar-refractivity contribution in [2.45, 2.75) is 19.9 Å². The van der Waals surface area contributed by atoms with Gasteiger partial charge in [-0.05, 0) is 36.9 Å². The predicted octanol–water partition coefficient (Wildman–Crippen LogP) is 2.50. The summed E-state index contributed by atoms with van der Waals surface area (Å²) < 4.78 is 13.2. The van der Waals surface area contributed by atoms with E-state index in [4.69, 9.17) is 5.73 Å². The first-order valence-corrected chi connectivity index (χ1v) is 5.79. The highest BCUT2D eigenvalue weighted by atomic mass is 19.1. The summed E-state index contributed by atoms with van der Waals surface area (Å²) in [5.41, 5.74) is 6.88. The topological polar surface area (TPSA) is 29.3 Å². The van der Waals surface area contributed by atoms with Crippen LogP contribution in [0.25, 0.3) is 0 Å². The molecule has 16 heavy (non-hydrogen) atoms. The number of anilines is 1. The first-order chi connectivity index (χ1) is 7.58. The predicted molar refractivity (Wildman–Crippen MR) is 64.4 cm³/mol. The third-order valence-electron chi connectivity index (χ3n) is 3.41. The quantitative estimate of drug-likeness (QED) is 0.793. The van der Waals surface area contributed by atoms with E-state index in [1.54, 1.807) is 6.07 Å². The molecular weight excluding hydrogens is 203 g/mol. The van der Waals surface area contributed by atoms with Gasteiger partial charge in [-0.15, -0.1) is 0 Å². The van der Waals surface area contributed by atoms with Crippen LogP contribution in [0.1, 0.15) is 18.9 Å².